The third-order valence-electron chi connectivity index (χ3n) is 4.22. The van der Waals surface area contributed by atoms with Gasteiger partial charge >= 0.3 is 0 Å². The van der Waals surface area contributed by atoms with Crippen molar-refractivity contribution in [2.75, 3.05) is 13.7 Å². The number of rotatable bonds is 4. The Hall–Kier alpha value is -0.980. The number of aryl methyl sites for hydroxylation is 2. The fourth-order valence-corrected chi connectivity index (χ4v) is 4.78. The second-order valence-corrected chi connectivity index (χ2v) is 7.14. The molecule has 1 unspecified atom stereocenters. The molecule has 0 saturated carbocycles. The van der Waals surface area contributed by atoms with E-state index in [1.54, 1.807) is 23.0 Å². The summed E-state index contributed by atoms with van der Waals surface area (Å²) in [6, 6.07) is 0.0461. The largest absolute Gasteiger partial charge is 0.385 e. The first-order valence-electron chi connectivity index (χ1n) is 7.41. The van der Waals surface area contributed by atoms with Crippen LogP contribution in [0.2, 0.25) is 0 Å². The van der Waals surface area contributed by atoms with Crippen LogP contribution in [0.5, 0.6) is 0 Å². The lowest BCUT2D eigenvalue weighted by Gasteiger charge is -2.15. The van der Waals surface area contributed by atoms with Gasteiger partial charge in [-0.1, -0.05) is 0 Å². The Labute approximate surface area is 132 Å². The third kappa shape index (κ3) is 2.60. The van der Waals surface area contributed by atoms with E-state index in [1.165, 1.54) is 23.3 Å². The van der Waals surface area contributed by atoms with E-state index in [0.29, 0.717) is 11.4 Å². The summed E-state index contributed by atoms with van der Waals surface area (Å²) in [6.07, 6.45) is 5.29. The summed E-state index contributed by atoms with van der Waals surface area (Å²) in [4.78, 5) is 18.5. The molecule has 2 aromatic heterocycles. The van der Waals surface area contributed by atoms with Crippen molar-refractivity contribution in [3.8, 4) is 0 Å². The summed E-state index contributed by atoms with van der Waals surface area (Å²) in [6.45, 7) is 2.65. The predicted molar refractivity (Wildman–Crippen MR) is 89.1 cm³/mol. The average molecular weight is 324 g/mol. The van der Waals surface area contributed by atoms with Crippen LogP contribution in [0, 0.1) is 4.77 Å². The molecule has 114 valence electrons. The number of fused-ring (bicyclic) bond motifs is 3. The van der Waals surface area contributed by atoms with E-state index in [9.17, 15) is 4.79 Å². The van der Waals surface area contributed by atoms with Crippen LogP contribution in [0.15, 0.2) is 4.79 Å². The van der Waals surface area contributed by atoms with Gasteiger partial charge in [-0.2, -0.15) is 0 Å². The minimum Gasteiger partial charge on any atom is -0.385 e. The highest BCUT2D eigenvalue weighted by Crippen LogP contribution is 2.33. The van der Waals surface area contributed by atoms with Crippen molar-refractivity contribution in [2.24, 2.45) is 0 Å². The van der Waals surface area contributed by atoms with E-state index >= 15 is 0 Å². The normalized spacial score (nSPS) is 16.1. The Balaban J connectivity index is 2.18. The summed E-state index contributed by atoms with van der Waals surface area (Å²) in [5.74, 6) is 0. The number of methoxy groups -OCH3 is 1. The molecule has 21 heavy (non-hydrogen) atoms. The second kappa shape index (κ2) is 6.02. The fraction of sp³-hybridized carbons (Fsp3) is 0.600. The zero-order valence-corrected chi connectivity index (χ0v) is 14.0. The molecule has 0 spiro atoms. The van der Waals surface area contributed by atoms with Crippen LogP contribution in [0.3, 0.4) is 0 Å². The van der Waals surface area contributed by atoms with Gasteiger partial charge in [0.05, 0.1) is 5.39 Å². The second-order valence-electron chi connectivity index (χ2n) is 5.65. The molecule has 1 N–H and O–H groups in total. The van der Waals surface area contributed by atoms with E-state index in [0.717, 1.165) is 29.5 Å². The van der Waals surface area contributed by atoms with Gasteiger partial charge < -0.3 is 9.72 Å². The Morgan fingerprint density at radius 2 is 2.19 bits per heavy atom. The molecule has 0 bridgehead atoms. The molecule has 1 atom stereocenters. The first-order chi connectivity index (χ1) is 10.1. The zero-order valence-electron chi connectivity index (χ0n) is 12.4. The Morgan fingerprint density at radius 1 is 1.43 bits per heavy atom. The maximum Gasteiger partial charge on any atom is 0.263 e. The van der Waals surface area contributed by atoms with Gasteiger partial charge in [0.2, 0.25) is 0 Å². The van der Waals surface area contributed by atoms with Crippen LogP contribution in [0.4, 0.5) is 0 Å². The smallest absolute Gasteiger partial charge is 0.263 e. The molecular weight excluding hydrogens is 304 g/mol. The summed E-state index contributed by atoms with van der Waals surface area (Å²) in [5.41, 5.74) is 1.32. The van der Waals surface area contributed by atoms with E-state index in [1.807, 2.05) is 6.92 Å². The number of nitrogens with zero attached hydrogens (tertiary/aromatic N) is 1. The molecule has 0 fully saturated rings. The van der Waals surface area contributed by atoms with Gasteiger partial charge in [-0.25, -0.2) is 0 Å². The van der Waals surface area contributed by atoms with Gasteiger partial charge in [0, 0.05) is 24.6 Å². The molecule has 2 heterocycles. The Kier molecular flexibility index (Phi) is 4.28. The van der Waals surface area contributed by atoms with Crippen molar-refractivity contribution in [3.05, 3.63) is 25.6 Å². The lowest BCUT2D eigenvalue weighted by molar-refractivity contribution is 0.180. The molecule has 1 aliphatic rings. The first kappa shape index (κ1) is 14.9. The molecule has 0 saturated heterocycles. The molecule has 0 radical (unpaired) electrons. The molecule has 2 aromatic rings. The topological polar surface area (TPSA) is 47.0 Å². The van der Waals surface area contributed by atoms with Crippen LogP contribution in [0.1, 0.15) is 42.7 Å². The van der Waals surface area contributed by atoms with Crippen LogP contribution in [-0.2, 0) is 17.6 Å². The zero-order chi connectivity index (χ0) is 15.0. The fourth-order valence-electron chi connectivity index (χ4n) is 3.07. The number of H-pyrrole nitrogens is 1. The molecular formula is C15H20N2O2S2. The average Bonchev–Trinajstić information content (AvgIpc) is 2.83. The molecule has 1 aliphatic carbocycles. The van der Waals surface area contributed by atoms with Crippen molar-refractivity contribution in [3.63, 3.8) is 0 Å². The van der Waals surface area contributed by atoms with Crippen LogP contribution in [0.25, 0.3) is 10.2 Å². The SMILES string of the molecule is COCCC(C)n1c(=S)[nH]c2sc3c(c2c1=O)CCCC3. The quantitative estimate of drug-likeness (QED) is 0.874. The number of aromatic nitrogens is 2. The van der Waals surface area contributed by atoms with Crippen LogP contribution >= 0.6 is 23.6 Å². The standard InChI is InChI=1S/C15H20N2O2S2/c1-9(7-8-19-2)17-14(18)12-10-5-3-4-6-11(10)21-13(12)16-15(17)20/h9H,3-8H2,1-2H3,(H,16,20). The van der Waals surface area contributed by atoms with Gasteiger partial charge in [0.25, 0.3) is 5.56 Å². The van der Waals surface area contributed by atoms with Gasteiger partial charge in [-0.05, 0) is 56.8 Å². The van der Waals surface area contributed by atoms with Gasteiger partial charge in [0.1, 0.15) is 4.83 Å². The minimum atomic E-state index is 0.0461. The van der Waals surface area contributed by atoms with Crippen molar-refractivity contribution >= 4 is 33.8 Å². The number of nitrogens with one attached hydrogen (secondary N) is 1. The molecule has 3 rings (SSSR count). The van der Waals surface area contributed by atoms with Crippen molar-refractivity contribution < 1.29 is 4.74 Å². The van der Waals surface area contributed by atoms with Crippen molar-refractivity contribution in [2.45, 2.75) is 45.1 Å². The first-order valence-corrected chi connectivity index (χ1v) is 8.64. The van der Waals surface area contributed by atoms with Crippen molar-refractivity contribution in [1.29, 1.82) is 0 Å². The summed E-state index contributed by atoms with van der Waals surface area (Å²) >= 11 is 7.11. The molecule has 4 nitrogen and oxygen atoms in total. The minimum absolute atomic E-state index is 0.0461. The van der Waals surface area contributed by atoms with Gasteiger partial charge in [-0.3, -0.25) is 9.36 Å². The highest BCUT2D eigenvalue weighted by atomic mass is 32.1. The molecule has 6 heteroatoms. The lowest BCUT2D eigenvalue weighted by Crippen LogP contribution is -2.26. The highest BCUT2D eigenvalue weighted by molar-refractivity contribution is 7.71. The maximum absolute atomic E-state index is 12.9. The number of hydrogen-bond acceptors (Lipinski definition) is 4. The Bertz CT molecular complexity index is 772. The lowest BCUT2D eigenvalue weighted by atomic mass is 9.97. The Morgan fingerprint density at radius 3 is 2.95 bits per heavy atom. The van der Waals surface area contributed by atoms with Gasteiger partial charge in [-0.15, -0.1) is 11.3 Å². The third-order valence-corrected chi connectivity index (χ3v) is 5.73. The number of aromatic amines is 1. The van der Waals surface area contributed by atoms with E-state index in [-0.39, 0.29) is 11.6 Å². The molecule has 0 aromatic carbocycles. The summed E-state index contributed by atoms with van der Waals surface area (Å²) in [7, 11) is 1.68. The monoisotopic (exact) mass is 324 g/mol. The number of thiophene rings is 1. The highest BCUT2D eigenvalue weighted by Gasteiger charge is 2.21. The maximum atomic E-state index is 12.9. The summed E-state index contributed by atoms with van der Waals surface area (Å²) < 4.78 is 7.36. The van der Waals surface area contributed by atoms with E-state index in [4.69, 9.17) is 17.0 Å². The molecule has 0 amide bonds. The summed E-state index contributed by atoms with van der Waals surface area (Å²) in [5, 5.41) is 0.868. The van der Waals surface area contributed by atoms with E-state index < -0.39 is 0 Å². The number of ether oxygens (including phenoxy) is 1. The predicted octanol–water partition coefficient (Wildman–Crippen LogP) is 3.60. The van der Waals surface area contributed by atoms with E-state index in [2.05, 4.69) is 4.98 Å². The van der Waals surface area contributed by atoms with Gasteiger partial charge in [0.15, 0.2) is 4.77 Å². The number of hydrogen-bond donors (Lipinski definition) is 1. The van der Waals surface area contributed by atoms with Crippen LogP contribution < -0.4 is 5.56 Å². The molecule has 0 aliphatic heterocycles. The van der Waals surface area contributed by atoms with Crippen LogP contribution in [-0.4, -0.2) is 23.3 Å². The van der Waals surface area contributed by atoms with Crippen molar-refractivity contribution in [1.82, 2.24) is 9.55 Å².